The van der Waals surface area contributed by atoms with E-state index >= 15 is 0 Å². The van der Waals surface area contributed by atoms with Crippen LogP contribution in [0.4, 0.5) is 0 Å². The van der Waals surface area contributed by atoms with Gasteiger partial charge in [0.1, 0.15) is 0 Å². The molecular formula is C22H19Cl3. The first-order valence-electron chi connectivity index (χ1n) is 8.29. The van der Waals surface area contributed by atoms with Gasteiger partial charge in [-0.1, -0.05) is 90.3 Å². The van der Waals surface area contributed by atoms with Gasteiger partial charge in [-0.15, -0.1) is 0 Å². The maximum Gasteiger partial charge on any atom is 0.0440 e. The maximum atomic E-state index is 6.46. The Balaban J connectivity index is 2.01. The highest BCUT2D eigenvalue weighted by Crippen LogP contribution is 2.39. The molecule has 0 saturated heterocycles. The first kappa shape index (κ1) is 18.3. The van der Waals surface area contributed by atoms with Gasteiger partial charge in [-0.2, -0.15) is 0 Å². The molecule has 2 atom stereocenters. The highest BCUT2D eigenvalue weighted by molar-refractivity contribution is 6.31. The second-order valence-electron chi connectivity index (χ2n) is 6.26. The molecule has 0 fully saturated rings. The van der Waals surface area contributed by atoms with Crippen LogP contribution in [0, 0.1) is 0 Å². The lowest BCUT2D eigenvalue weighted by Crippen LogP contribution is -2.12. The van der Waals surface area contributed by atoms with Crippen LogP contribution in [-0.4, -0.2) is 0 Å². The van der Waals surface area contributed by atoms with Crippen LogP contribution in [0.3, 0.4) is 0 Å². The summed E-state index contributed by atoms with van der Waals surface area (Å²) in [6.07, 6.45) is 0.841. The molecule has 3 heteroatoms. The summed E-state index contributed by atoms with van der Waals surface area (Å²) in [5, 5.41) is 2.34. The molecule has 128 valence electrons. The third-order valence-corrected chi connectivity index (χ3v) is 5.66. The van der Waals surface area contributed by atoms with Gasteiger partial charge < -0.3 is 0 Å². The maximum absolute atomic E-state index is 6.46. The van der Waals surface area contributed by atoms with Crippen LogP contribution in [0.15, 0.2) is 72.8 Å². The molecule has 3 aromatic carbocycles. The molecule has 0 heterocycles. The Morgan fingerprint density at radius 2 is 1.32 bits per heavy atom. The SMILES string of the molecule is CC(c1ccccc1Cl)C(Cc1ccccc1Cl)c1ccc(Cl)cc1. The molecular weight excluding hydrogens is 371 g/mol. The van der Waals surface area contributed by atoms with Gasteiger partial charge in [0.05, 0.1) is 0 Å². The summed E-state index contributed by atoms with van der Waals surface area (Å²) in [6.45, 7) is 2.22. The van der Waals surface area contributed by atoms with Gasteiger partial charge in [-0.3, -0.25) is 0 Å². The lowest BCUT2D eigenvalue weighted by molar-refractivity contribution is 0.572. The quantitative estimate of drug-likeness (QED) is 0.418. The summed E-state index contributed by atoms with van der Waals surface area (Å²) in [7, 11) is 0. The second kappa shape index (κ2) is 8.27. The molecule has 0 bridgehead atoms. The summed E-state index contributed by atoms with van der Waals surface area (Å²) < 4.78 is 0. The molecule has 0 aliphatic rings. The van der Waals surface area contributed by atoms with Gasteiger partial charge in [-0.05, 0) is 59.2 Å². The summed E-state index contributed by atoms with van der Waals surface area (Å²) in [6, 6.07) is 24.1. The second-order valence-corrected chi connectivity index (χ2v) is 7.51. The average molecular weight is 390 g/mol. The molecule has 2 unspecified atom stereocenters. The third kappa shape index (κ3) is 4.39. The van der Waals surface area contributed by atoms with Gasteiger partial charge >= 0.3 is 0 Å². The summed E-state index contributed by atoms with van der Waals surface area (Å²) >= 11 is 19.0. The fraction of sp³-hybridized carbons (Fsp3) is 0.182. The molecule has 0 spiro atoms. The Kier molecular flexibility index (Phi) is 6.06. The van der Waals surface area contributed by atoms with Crippen molar-refractivity contribution in [1.82, 2.24) is 0 Å². The van der Waals surface area contributed by atoms with E-state index in [1.807, 2.05) is 48.5 Å². The number of hydrogen-bond donors (Lipinski definition) is 0. The number of rotatable bonds is 5. The van der Waals surface area contributed by atoms with Crippen molar-refractivity contribution < 1.29 is 0 Å². The molecule has 0 N–H and O–H groups in total. The van der Waals surface area contributed by atoms with E-state index < -0.39 is 0 Å². The molecule has 0 aliphatic carbocycles. The molecule has 0 aromatic heterocycles. The van der Waals surface area contributed by atoms with Gasteiger partial charge in [0.2, 0.25) is 0 Å². The zero-order chi connectivity index (χ0) is 17.8. The minimum atomic E-state index is 0.242. The Morgan fingerprint density at radius 1 is 0.720 bits per heavy atom. The van der Waals surface area contributed by atoms with E-state index in [9.17, 15) is 0 Å². The van der Waals surface area contributed by atoms with Crippen LogP contribution in [0.1, 0.15) is 35.4 Å². The fourth-order valence-corrected chi connectivity index (χ4v) is 3.90. The summed E-state index contributed by atoms with van der Waals surface area (Å²) in [5.41, 5.74) is 3.52. The molecule has 0 nitrogen and oxygen atoms in total. The van der Waals surface area contributed by atoms with Crippen molar-refractivity contribution in [2.24, 2.45) is 0 Å². The molecule has 0 amide bonds. The molecule has 25 heavy (non-hydrogen) atoms. The molecule has 3 rings (SSSR count). The zero-order valence-electron chi connectivity index (χ0n) is 13.9. The monoisotopic (exact) mass is 388 g/mol. The lowest BCUT2D eigenvalue weighted by atomic mass is 9.79. The van der Waals surface area contributed by atoms with Crippen LogP contribution in [0.25, 0.3) is 0 Å². The van der Waals surface area contributed by atoms with Crippen LogP contribution < -0.4 is 0 Å². The van der Waals surface area contributed by atoms with Gasteiger partial charge in [-0.25, -0.2) is 0 Å². The highest BCUT2D eigenvalue weighted by Gasteiger charge is 2.23. The van der Waals surface area contributed by atoms with E-state index in [1.54, 1.807) is 0 Å². The van der Waals surface area contributed by atoms with Crippen molar-refractivity contribution in [3.8, 4) is 0 Å². The highest BCUT2D eigenvalue weighted by atomic mass is 35.5. The smallest absolute Gasteiger partial charge is 0.0440 e. The van der Waals surface area contributed by atoms with Crippen molar-refractivity contribution >= 4 is 34.8 Å². The first-order valence-corrected chi connectivity index (χ1v) is 9.43. The van der Waals surface area contributed by atoms with Crippen LogP contribution in [0.5, 0.6) is 0 Å². The number of halogens is 3. The largest absolute Gasteiger partial charge is 0.0843 e. The third-order valence-electron chi connectivity index (χ3n) is 4.70. The van der Waals surface area contributed by atoms with E-state index in [0.29, 0.717) is 0 Å². The Hall–Kier alpha value is -1.47. The Labute approximate surface area is 164 Å². The standard InChI is InChI=1S/C22H19Cl3/c1-15(19-7-3-5-9-22(19)25)20(16-10-12-18(23)13-11-16)14-17-6-2-4-8-21(17)24/h2-13,15,20H,14H2,1H3. The van der Waals surface area contributed by atoms with E-state index in [-0.39, 0.29) is 11.8 Å². The fourth-order valence-electron chi connectivity index (χ4n) is 3.26. The summed E-state index contributed by atoms with van der Waals surface area (Å²) in [4.78, 5) is 0. The van der Waals surface area contributed by atoms with Gasteiger partial charge in [0.15, 0.2) is 0 Å². The van der Waals surface area contributed by atoms with Crippen molar-refractivity contribution in [3.05, 3.63) is 105 Å². The molecule has 0 saturated carbocycles. The van der Waals surface area contributed by atoms with E-state index in [1.165, 1.54) is 5.56 Å². The topological polar surface area (TPSA) is 0 Å². The minimum Gasteiger partial charge on any atom is -0.0843 e. The minimum absolute atomic E-state index is 0.242. The predicted octanol–water partition coefficient (Wildman–Crippen LogP) is 7.78. The van der Waals surface area contributed by atoms with Crippen molar-refractivity contribution in [3.63, 3.8) is 0 Å². The van der Waals surface area contributed by atoms with Crippen LogP contribution in [-0.2, 0) is 6.42 Å². The van der Waals surface area contributed by atoms with E-state index in [4.69, 9.17) is 34.8 Å². The van der Waals surface area contributed by atoms with Crippen molar-refractivity contribution in [2.75, 3.05) is 0 Å². The summed E-state index contributed by atoms with van der Waals surface area (Å²) in [5.74, 6) is 0.489. The normalized spacial score (nSPS) is 13.4. The molecule has 3 aromatic rings. The predicted molar refractivity (Wildman–Crippen MR) is 109 cm³/mol. The average Bonchev–Trinajstić information content (AvgIpc) is 2.62. The van der Waals surface area contributed by atoms with Gasteiger partial charge in [0, 0.05) is 15.1 Å². The molecule has 0 radical (unpaired) electrons. The Bertz CT molecular complexity index is 840. The van der Waals surface area contributed by atoms with Gasteiger partial charge in [0.25, 0.3) is 0 Å². The van der Waals surface area contributed by atoms with Crippen molar-refractivity contribution in [1.29, 1.82) is 0 Å². The lowest BCUT2D eigenvalue weighted by Gasteiger charge is -2.26. The van der Waals surface area contributed by atoms with Crippen LogP contribution in [0.2, 0.25) is 15.1 Å². The Morgan fingerprint density at radius 3 is 1.96 bits per heavy atom. The van der Waals surface area contributed by atoms with Crippen LogP contribution >= 0.6 is 34.8 Å². The number of hydrogen-bond acceptors (Lipinski definition) is 0. The zero-order valence-corrected chi connectivity index (χ0v) is 16.2. The van der Waals surface area contributed by atoms with E-state index in [2.05, 4.69) is 31.2 Å². The number of benzene rings is 3. The van der Waals surface area contributed by atoms with E-state index in [0.717, 1.165) is 32.6 Å². The van der Waals surface area contributed by atoms with Crippen molar-refractivity contribution in [2.45, 2.75) is 25.2 Å². The molecule has 0 aliphatic heterocycles. The first-order chi connectivity index (χ1) is 12.1.